The number of hydrogen-bond donors (Lipinski definition) is 4. The van der Waals surface area contributed by atoms with E-state index in [0.717, 1.165) is 10.7 Å². The molecule has 1 aromatic carbocycles. The van der Waals surface area contributed by atoms with Crippen LogP contribution < -0.4 is 16.4 Å². The molecule has 0 spiro atoms. The molecule has 134 valence electrons. The van der Waals surface area contributed by atoms with E-state index in [4.69, 9.17) is 5.11 Å². The fourth-order valence-corrected chi connectivity index (χ4v) is 2.53. The van der Waals surface area contributed by atoms with Crippen LogP contribution in [-0.4, -0.2) is 37.4 Å². The highest BCUT2D eigenvalue weighted by Gasteiger charge is 2.15. The van der Waals surface area contributed by atoms with Crippen molar-refractivity contribution < 1.29 is 9.90 Å². The molecule has 0 aliphatic rings. The lowest BCUT2D eigenvalue weighted by molar-refractivity contribution is 0.102. The Bertz CT molecular complexity index is 1050. The third kappa shape index (κ3) is 3.47. The molecule has 9 heteroatoms. The number of carbonyl (C=O) groups excluding carboxylic acids is 1. The lowest BCUT2D eigenvalue weighted by Crippen LogP contribution is -2.24. The average molecular weight is 355 g/mol. The molecule has 26 heavy (non-hydrogen) atoms. The Morgan fingerprint density at radius 3 is 2.69 bits per heavy atom. The number of hydrogen-bond acceptors (Lipinski definition) is 5. The molecule has 0 aliphatic heterocycles. The van der Waals surface area contributed by atoms with Crippen molar-refractivity contribution in [1.29, 1.82) is 0 Å². The number of amides is 1. The van der Waals surface area contributed by atoms with Crippen LogP contribution in [0.4, 0.5) is 5.82 Å². The molecule has 4 N–H and O–H groups in total. The second kappa shape index (κ2) is 7.19. The number of nitrogens with zero attached hydrogens (tertiary/aromatic N) is 2. The van der Waals surface area contributed by atoms with Gasteiger partial charge in [-0.1, -0.05) is 18.2 Å². The van der Waals surface area contributed by atoms with Gasteiger partial charge in [-0.2, -0.15) is 9.67 Å². The van der Waals surface area contributed by atoms with Crippen molar-refractivity contribution in [2.45, 2.75) is 13.3 Å². The van der Waals surface area contributed by atoms with Gasteiger partial charge >= 0.3 is 0 Å². The number of carbonyl (C=O) groups is 1. The zero-order valence-corrected chi connectivity index (χ0v) is 13.9. The van der Waals surface area contributed by atoms with Gasteiger partial charge in [0.1, 0.15) is 5.82 Å². The van der Waals surface area contributed by atoms with E-state index in [1.54, 1.807) is 37.3 Å². The molecule has 1 amide bonds. The molecule has 0 saturated carbocycles. The summed E-state index contributed by atoms with van der Waals surface area (Å²) in [6.07, 6.45) is 0.183. The first-order chi connectivity index (χ1) is 12.5. The summed E-state index contributed by atoms with van der Waals surface area (Å²) in [5.74, 6) is -0.468. The first-order valence-electron chi connectivity index (χ1n) is 7.89. The second-order valence-electron chi connectivity index (χ2n) is 5.60. The third-order valence-electron chi connectivity index (χ3n) is 3.77. The quantitative estimate of drug-likeness (QED) is 0.524. The second-order valence-corrected chi connectivity index (χ2v) is 5.60. The standard InChI is InChI=1S/C17H17N5O4/c1-10-12(7-8-23)16(26)22(21-10)17-19-13(9-14(24)20-17)18-15(25)11-5-3-2-4-6-11/h2-6,9,21,23H,7-8H2,1H3,(H2,18,19,20,24,25). The maximum Gasteiger partial charge on any atom is 0.277 e. The molecule has 0 aliphatic carbocycles. The van der Waals surface area contributed by atoms with Crippen LogP contribution in [0.1, 0.15) is 21.6 Å². The van der Waals surface area contributed by atoms with Crippen LogP contribution in [0.2, 0.25) is 0 Å². The van der Waals surface area contributed by atoms with E-state index in [1.807, 2.05) is 0 Å². The molecule has 2 heterocycles. The first kappa shape index (κ1) is 17.4. The summed E-state index contributed by atoms with van der Waals surface area (Å²) in [4.78, 5) is 43.1. The van der Waals surface area contributed by atoms with E-state index in [0.29, 0.717) is 16.8 Å². The van der Waals surface area contributed by atoms with Crippen LogP contribution in [-0.2, 0) is 6.42 Å². The molecule has 0 unspecified atom stereocenters. The Balaban J connectivity index is 1.96. The van der Waals surface area contributed by atoms with Crippen molar-refractivity contribution in [1.82, 2.24) is 19.7 Å². The summed E-state index contributed by atoms with van der Waals surface area (Å²) in [5.41, 5.74) is 0.418. The van der Waals surface area contributed by atoms with Crippen LogP contribution in [0.3, 0.4) is 0 Å². The van der Waals surface area contributed by atoms with E-state index < -0.39 is 17.0 Å². The number of nitrogens with one attached hydrogen (secondary N) is 3. The van der Waals surface area contributed by atoms with Crippen LogP contribution in [0.15, 0.2) is 46.0 Å². The molecule has 3 rings (SSSR count). The minimum absolute atomic E-state index is 0.0143. The predicted octanol–water partition coefficient (Wildman–Crippen LogP) is 0.344. The zero-order chi connectivity index (χ0) is 18.7. The van der Waals surface area contributed by atoms with Crippen molar-refractivity contribution in [3.63, 3.8) is 0 Å². The lowest BCUT2D eigenvalue weighted by Gasteiger charge is -2.06. The Labute approximate surface area is 147 Å². The van der Waals surface area contributed by atoms with Gasteiger partial charge in [-0.3, -0.25) is 24.5 Å². The van der Waals surface area contributed by atoms with Gasteiger partial charge in [-0.05, 0) is 19.1 Å². The van der Waals surface area contributed by atoms with Crippen molar-refractivity contribution in [2.24, 2.45) is 0 Å². The molecule has 0 radical (unpaired) electrons. The Kier molecular flexibility index (Phi) is 4.81. The summed E-state index contributed by atoms with van der Waals surface area (Å²) in [5, 5.41) is 14.4. The number of rotatable bonds is 5. The number of anilines is 1. The Hall–Kier alpha value is -3.46. The van der Waals surface area contributed by atoms with Gasteiger partial charge in [0.15, 0.2) is 0 Å². The largest absolute Gasteiger partial charge is 0.396 e. The van der Waals surface area contributed by atoms with Crippen molar-refractivity contribution in [3.05, 3.63) is 73.9 Å². The highest BCUT2D eigenvalue weighted by Crippen LogP contribution is 2.07. The number of aryl methyl sites for hydroxylation is 1. The molecular weight excluding hydrogens is 338 g/mol. The maximum absolute atomic E-state index is 12.4. The van der Waals surface area contributed by atoms with Gasteiger partial charge in [-0.15, -0.1) is 0 Å². The molecule has 0 fully saturated rings. The molecule has 9 nitrogen and oxygen atoms in total. The highest BCUT2D eigenvalue weighted by molar-refractivity contribution is 6.03. The fraction of sp³-hybridized carbons (Fsp3) is 0.176. The van der Waals surface area contributed by atoms with E-state index in [2.05, 4.69) is 20.4 Å². The summed E-state index contributed by atoms with van der Waals surface area (Å²) in [7, 11) is 0. The van der Waals surface area contributed by atoms with Crippen LogP contribution >= 0.6 is 0 Å². The van der Waals surface area contributed by atoms with Crippen molar-refractivity contribution in [3.8, 4) is 5.95 Å². The zero-order valence-electron chi connectivity index (χ0n) is 13.9. The normalized spacial score (nSPS) is 10.7. The number of aliphatic hydroxyl groups is 1. The van der Waals surface area contributed by atoms with Gasteiger partial charge in [-0.25, -0.2) is 0 Å². The third-order valence-corrected chi connectivity index (χ3v) is 3.77. The molecule has 3 aromatic rings. The number of benzene rings is 1. The Morgan fingerprint density at radius 1 is 1.27 bits per heavy atom. The van der Waals surface area contributed by atoms with E-state index in [9.17, 15) is 14.4 Å². The monoisotopic (exact) mass is 355 g/mol. The average Bonchev–Trinajstić information content (AvgIpc) is 2.90. The molecule has 0 saturated heterocycles. The molecule has 0 bridgehead atoms. The summed E-state index contributed by atoms with van der Waals surface area (Å²) in [6, 6.07) is 9.60. The van der Waals surface area contributed by atoms with Gasteiger partial charge in [0.2, 0.25) is 5.95 Å². The fourth-order valence-electron chi connectivity index (χ4n) is 2.53. The first-order valence-corrected chi connectivity index (χ1v) is 7.89. The van der Waals surface area contributed by atoms with Gasteiger partial charge in [0, 0.05) is 35.9 Å². The maximum atomic E-state index is 12.4. The van der Waals surface area contributed by atoms with Gasteiger partial charge < -0.3 is 10.4 Å². The highest BCUT2D eigenvalue weighted by atomic mass is 16.3. The minimum Gasteiger partial charge on any atom is -0.396 e. The SMILES string of the molecule is Cc1[nH]n(-c2nc(NC(=O)c3ccccc3)cc(=O)[nH]2)c(=O)c1CCO. The lowest BCUT2D eigenvalue weighted by atomic mass is 10.2. The number of aromatic amines is 2. The van der Waals surface area contributed by atoms with Crippen molar-refractivity contribution >= 4 is 11.7 Å². The van der Waals surface area contributed by atoms with Crippen LogP contribution in [0.5, 0.6) is 0 Å². The Morgan fingerprint density at radius 2 is 2.00 bits per heavy atom. The summed E-state index contributed by atoms with van der Waals surface area (Å²) >= 11 is 0. The smallest absolute Gasteiger partial charge is 0.277 e. The summed E-state index contributed by atoms with van der Waals surface area (Å²) in [6.45, 7) is 1.51. The van der Waals surface area contributed by atoms with Crippen molar-refractivity contribution in [2.75, 3.05) is 11.9 Å². The topological polar surface area (TPSA) is 133 Å². The molecule has 2 aromatic heterocycles. The van der Waals surface area contributed by atoms with Gasteiger partial charge in [0.05, 0.1) is 0 Å². The number of aliphatic hydroxyl groups excluding tert-OH is 1. The van der Waals surface area contributed by atoms with E-state index >= 15 is 0 Å². The van der Waals surface area contributed by atoms with E-state index in [-0.39, 0.29) is 24.8 Å². The predicted molar refractivity (Wildman–Crippen MR) is 94.7 cm³/mol. The molecular formula is C17H17N5O4. The van der Waals surface area contributed by atoms with Gasteiger partial charge in [0.25, 0.3) is 17.0 Å². The van der Waals surface area contributed by atoms with E-state index in [1.165, 1.54) is 0 Å². The van der Waals surface area contributed by atoms with Crippen LogP contribution in [0, 0.1) is 6.92 Å². The van der Waals surface area contributed by atoms with Crippen LogP contribution in [0.25, 0.3) is 5.95 Å². The molecule has 0 atom stereocenters. The minimum atomic E-state index is -0.527. The summed E-state index contributed by atoms with van der Waals surface area (Å²) < 4.78 is 1.07. The number of aromatic nitrogens is 4. The number of H-pyrrole nitrogens is 2.